The Morgan fingerprint density at radius 1 is 1.00 bits per heavy atom. The van der Waals surface area contributed by atoms with Crippen LogP contribution in [-0.2, 0) is 10.0 Å². The molecule has 2 aromatic rings. The monoisotopic (exact) mass is 409 g/mol. The molecule has 3 rings (SSSR count). The molecule has 2 amide bonds. The van der Waals surface area contributed by atoms with Gasteiger partial charge in [0.1, 0.15) is 4.90 Å². The van der Waals surface area contributed by atoms with Crippen LogP contribution in [0.15, 0.2) is 57.9 Å². The van der Waals surface area contributed by atoms with Crippen LogP contribution in [0.4, 0.5) is 16.2 Å². The molecule has 0 bridgehead atoms. The number of rotatable bonds is 5. The molecular weight excluding hydrogens is 394 g/mol. The predicted molar refractivity (Wildman–Crippen MR) is 96.6 cm³/mol. The van der Waals surface area contributed by atoms with E-state index in [1.807, 2.05) is 0 Å². The molecule has 24 heavy (non-hydrogen) atoms. The first-order chi connectivity index (χ1) is 11.4. The molecule has 126 valence electrons. The van der Waals surface area contributed by atoms with Gasteiger partial charge >= 0.3 is 6.03 Å². The normalized spacial score (nSPS) is 14.0. The molecule has 0 aliphatic heterocycles. The number of sulfonamides is 1. The molecule has 0 saturated heterocycles. The first-order valence-corrected chi connectivity index (χ1v) is 9.66. The number of carbonyl (C=O) groups excluding carboxylic acids is 1. The van der Waals surface area contributed by atoms with Gasteiger partial charge in [-0.2, -0.15) is 0 Å². The first-order valence-electron chi connectivity index (χ1n) is 7.39. The van der Waals surface area contributed by atoms with E-state index in [1.54, 1.807) is 42.5 Å². The summed E-state index contributed by atoms with van der Waals surface area (Å²) in [6.07, 6.45) is 2.03. The maximum absolute atomic E-state index is 12.4. The van der Waals surface area contributed by atoms with Crippen molar-refractivity contribution in [2.45, 2.75) is 23.8 Å². The van der Waals surface area contributed by atoms with Gasteiger partial charge in [0.2, 0.25) is 0 Å². The molecule has 0 heterocycles. The van der Waals surface area contributed by atoms with Crippen LogP contribution in [-0.4, -0.2) is 20.5 Å². The summed E-state index contributed by atoms with van der Waals surface area (Å²) >= 11 is 3.24. The summed E-state index contributed by atoms with van der Waals surface area (Å²) in [7, 11) is -3.68. The minimum Gasteiger partial charge on any atom is -0.335 e. The standard InChI is InChI=1S/C16H16BrN3O3S/c17-14-3-1-2-4-15(14)24(22,23)20-13-9-7-12(8-10-13)19-16(21)18-11-5-6-11/h1-4,7-11,20H,5-6H2,(H2,18,19,21). The smallest absolute Gasteiger partial charge is 0.319 e. The van der Waals surface area contributed by atoms with Crippen molar-refractivity contribution < 1.29 is 13.2 Å². The number of hydrogen-bond donors (Lipinski definition) is 3. The lowest BCUT2D eigenvalue weighted by molar-refractivity contribution is 0.251. The topological polar surface area (TPSA) is 87.3 Å². The maximum atomic E-state index is 12.4. The number of nitrogens with one attached hydrogen (secondary N) is 3. The lowest BCUT2D eigenvalue weighted by atomic mass is 10.3. The van der Waals surface area contributed by atoms with Crippen molar-refractivity contribution in [3.05, 3.63) is 53.0 Å². The van der Waals surface area contributed by atoms with Crippen molar-refractivity contribution in [3.63, 3.8) is 0 Å². The Bertz CT molecular complexity index is 849. The summed E-state index contributed by atoms with van der Waals surface area (Å²) < 4.78 is 27.8. The lowest BCUT2D eigenvalue weighted by Gasteiger charge is -2.11. The van der Waals surface area contributed by atoms with E-state index in [-0.39, 0.29) is 17.0 Å². The Morgan fingerprint density at radius 3 is 2.25 bits per heavy atom. The second-order valence-corrected chi connectivity index (χ2v) is 7.99. The highest BCUT2D eigenvalue weighted by molar-refractivity contribution is 9.10. The highest BCUT2D eigenvalue weighted by Crippen LogP contribution is 2.24. The SMILES string of the molecule is O=C(Nc1ccc(NS(=O)(=O)c2ccccc2Br)cc1)NC1CC1. The van der Waals surface area contributed by atoms with Crippen LogP contribution < -0.4 is 15.4 Å². The minimum atomic E-state index is -3.68. The second kappa shape index (κ2) is 6.82. The molecule has 0 aromatic heterocycles. The number of urea groups is 1. The largest absolute Gasteiger partial charge is 0.335 e. The van der Waals surface area contributed by atoms with Gasteiger partial charge in [-0.15, -0.1) is 0 Å². The molecule has 6 nitrogen and oxygen atoms in total. The maximum Gasteiger partial charge on any atom is 0.319 e. The Balaban J connectivity index is 1.67. The van der Waals surface area contributed by atoms with Crippen LogP contribution in [0.2, 0.25) is 0 Å². The van der Waals surface area contributed by atoms with Crippen molar-refractivity contribution in [2.75, 3.05) is 10.0 Å². The van der Waals surface area contributed by atoms with E-state index < -0.39 is 10.0 Å². The van der Waals surface area contributed by atoms with Gasteiger partial charge in [0.25, 0.3) is 10.0 Å². The molecule has 0 spiro atoms. The highest BCUT2D eigenvalue weighted by atomic mass is 79.9. The van der Waals surface area contributed by atoms with E-state index in [9.17, 15) is 13.2 Å². The number of hydrogen-bond acceptors (Lipinski definition) is 3. The number of amides is 2. The number of halogens is 1. The van der Waals surface area contributed by atoms with Gasteiger partial charge in [0, 0.05) is 21.9 Å². The fourth-order valence-corrected chi connectivity index (χ4v) is 4.14. The summed E-state index contributed by atoms with van der Waals surface area (Å²) in [6.45, 7) is 0. The van der Waals surface area contributed by atoms with Crippen LogP contribution in [0.25, 0.3) is 0 Å². The van der Waals surface area contributed by atoms with Crippen LogP contribution >= 0.6 is 15.9 Å². The third-order valence-corrected chi connectivity index (χ3v) is 5.83. The van der Waals surface area contributed by atoms with Gasteiger partial charge in [0.15, 0.2) is 0 Å². The van der Waals surface area contributed by atoms with E-state index >= 15 is 0 Å². The predicted octanol–water partition coefficient (Wildman–Crippen LogP) is 3.53. The van der Waals surface area contributed by atoms with E-state index in [0.29, 0.717) is 15.8 Å². The molecular formula is C16H16BrN3O3S. The van der Waals surface area contributed by atoms with E-state index in [1.165, 1.54) is 6.07 Å². The summed E-state index contributed by atoms with van der Waals surface area (Å²) in [5.74, 6) is 0. The van der Waals surface area contributed by atoms with Crippen molar-refractivity contribution >= 4 is 43.4 Å². The van der Waals surface area contributed by atoms with E-state index in [4.69, 9.17) is 0 Å². The zero-order valence-corrected chi connectivity index (χ0v) is 15.0. The van der Waals surface area contributed by atoms with Crippen LogP contribution in [0.5, 0.6) is 0 Å². The van der Waals surface area contributed by atoms with Crippen LogP contribution in [0.3, 0.4) is 0 Å². The highest BCUT2D eigenvalue weighted by Gasteiger charge is 2.23. The minimum absolute atomic E-state index is 0.163. The van der Waals surface area contributed by atoms with Gasteiger partial charge in [-0.3, -0.25) is 4.72 Å². The summed E-state index contributed by atoms with van der Waals surface area (Å²) in [4.78, 5) is 11.8. The van der Waals surface area contributed by atoms with Crippen LogP contribution in [0.1, 0.15) is 12.8 Å². The van der Waals surface area contributed by atoms with Crippen LogP contribution in [0, 0.1) is 0 Å². The third kappa shape index (κ3) is 4.27. The Hall–Kier alpha value is -2.06. The summed E-state index contributed by atoms with van der Waals surface area (Å²) in [5, 5.41) is 5.53. The lowest BCUT2D eigenvalue weighted by Crippen LogP contribution is -2.30. The number of benzene rings is 2. The molecule has 2 aromatic carbocycles. The molecule has 0 radical (unpaired) electrons. The molecule has 1 aliphatic rings. The van der Waals surface area contributed by atoms with Gasteiger partial charge in [-0.1, -0.05) is 12.1 Å². The zero-order chi connectivity index (χ0) is 17.2. The number of anilines is 2. The molecule has 8 heteroatoms. The van der Waals surface area contributed by atoms with Crippen molar-refractivity contribution in [1.29, 1.82) is 0 Å². The number of carbonyl (C=O) groups is 1. The van der Waals surface area contributed by atoms with E-state index in [0.717, 1.165) is 12.8 Å². The Kier molecular flexibility index (Phi) is 4.77. The van der Waals surface area contributed by atoms with Gasteiger partial charge in [0.05, 0.1) is 0 Å². The zero-order valence-electron chi connectivity index (χ0n) is 12.6. The fraction of sp³-hybridized carbons (Fsp3) is 0.188. The van der Waals surface area contributed by atoms with Gasteiger partial charge in [-0.25, -0.2) is 13.2 Å². The summed E-state index contributed by atoms with van der Waals surface area (Å²) in [6, 6.07) is 13.1. The molecule has 1 aliphatic carbocycles. The van der Waals surface area contributed by atoms with Crippen molar-refractivity contribution in [1.82, 2.24) is 5.32 Å². The van der Waals surface area contributed by atoms with Gasteiger partial charge in [-0.05, 0) is 65.2 Å². The quantitative estimate of drug-likeness (QED) is 0.705. The molecule has 1 saturated carbocycles. The van der Waals surface area contributed by atoms with Gasteiger partial charge < -0.3 is 10.6 Å². The summed E-state index contributed by atoms with van der Waals surface area (Å²) in [5.41, 5.74) is 1.01. The average Bonchev–Trinajstić information content (AvgIpc) is 3.33. The van der Waals surface area contributed by atoms with Crippen molar-refractivity contribution in [3.8, 4) is 0 Å². The van der Waals surface area contributed by atoms with E-state index in [2.05, 4.69) is 31.3 Å². The second-order valence-electron chi connectivity index (χ2n) is 5.49. The molecule has 0 atom stereocenters. The third-order valence-electron chi connectivity index (χ3n) is 3.43. The molecule has 3 N–H and O–H groups in total. The Labute approximate surface area is 148 Å². The average molecular weight is 410 g/mol. The molecule has 0 unspecified atom stereocenters. The fourth-order valence-electron chi connectivity index (χ4n) is 2.07. The Morgan fingerprint density at radius 2 is 1.62 bits per heavy atom. The van der Waals surface area contributed by atoms with Crippen molar-refractivity contribution in [2.24, 2.45) is 0 Å². The first kappa shape index (κ1) is 16.8. The molecule has 1 fully saturated rings.